The molecule has 0 atom stereocenters. The number of amides is 1. The number of guanidine groups is 1. The molecular formula is C18H21FN4O2. The Morgan fingerprint density at radius 2 is 1.92 bits per heavy atom. The molecule has 0 aliphatic heterocycles. The smallest absolute Gasteiger partial charge is 0.224 e. The van der Waals surface area contributed by atoms with Crippen molar-refractivity contribution in [3.05, 3.63) is 59.9 Å². The van der Waals surface area contributed by atoms with Crippen molar-refractivity contribution < 1.29 is 13.9 Å². The first-order chi connectivity index (χ1) is 12.1. The fraction of sp³-hybridized carbons (Fsp3) is 0.222. The molecule has 2 aromatic rings. The van der Waals surface area contributed by atoms with Crippen molar-refractivity contribution in [1.29, 1.82) is 0 Å². The fourth-order valence-electron chi connectivity index (χ4n) is 2.15. The van der Waals surface area contributed by atoms with Crippen LogP contribution in [0.3, 0.4) is 0 Å². The number of nitrogens with two attached hydrogens (primary N) is 1. The van der Waals surface area contributed by atoms with E-state index in [1.807, 2.05) is 24.3 Å². The molecule has 2 rings (SSSR count). The fourth-order valence-corrected chi connectivity index (χ4v) is 2.15. The number of anilines is 1. The summed E-state index contributed by atoms with van der Waals surface area (Å²) >= 11 is 0. The number of rotatable bonds is 7. The van der Waals surface area contributed by atoms with Gasteiger partial charge in [0.05, 0.1) is 25.8 Å². The highest BCUT2D eigenvalue weighted by atomic mass is 19.1. The predicted molar refractivity (Wildman–Crippen MR) is 96.2 cm³/mol. The normalized spacial score (nSPS) is 11.0. The molecular weight excluding hydrogens is 323 g/mol. The summed E-state index contributed by atoms with van der Waals surface area (Å²) in [5.41, 5.74) is 7.28. The third-order valence-electron chi connectivity index (χ3n) is 3.36. The van der Waals surface area contributed by atoms with Crippen molar-refractivity contribution in [2.75, 3.05) is 25.5 Å². The van der Waals surface area contributed by atoms with Gasteiger partial charge in [0.2, 0.25) is 5.91 Å². The number of hydrogen-bond acceptors (Lipinski definition) is 3. The summed E-state index contributed by atoms with van der Waals surface area (Å²) in [4.78, 5) is 15.9. The SMILES string of the molecule is COc1ccccc1NC(N)=NCCNC(=O)Cc1ccc(F)cc1. The Kier molecular flexibility index (Phi) is 6.76. The number of hydrogen-bond donors (Lipinski definition) is 3. The maximum absolute atomic E-state index is 12.8. The van der Waals surface area contributed by atoms with Crippen molar-refractivity contribution in [3.63, 3.8) is 0 Å². The molecule has 4 N–H and O–H groups in total. The van der Waals surface area contributed by atoms with Gasteiger partial charge < -0.3 is 21.1 Å². The standard InChI is InChI=1S/C18H21FN4O2/c1-25-16-5-3-2-4-15(16)23-18(20)22-11-10-21-17(24)12-13-6-8-14(19)9-7-13/h2-9H,10-12H2,1H3,(H,21,24)(H3,20,22,23). The first-order valence-electron chi connectivity index (χ1n) is 7.79. The molecule has 0 heterocycles. The van der Waals surface area contributed by atoms with E-state index in [0.29, 0.717) is 24.5 Å². The van der Waals surface area contributed by atoms with Crippen molar-refractivity contribution in [2.45, 2.75) is 6.42 Å². The molecule has 6 nitrogen and oxygen atoms in total. The van der Waals surface area contributed by atoms with Crippen molar-refractivity contribution in [3.8, 4) is 5.75 Å². The summed E-state index contributed by atoms with van der Waals surface area (Å²) in [5, 5.41) is 5.69. The van der Waals surface area contributed by atoms with E-state index in [9.17, 15) is 9.18 Å². The van der Waals surface area contributed by atoms with E-state index in [4.69, 9.17) is 10.5 Å². The summed E-state index contributed by atoms with van der Waals surface area (Å²) in [6.07, 6.45) is 0.193. The Labute approximate surface area is 145 Å². The van der Waals surface area contributed by atoms with Crippen LogP contribution < -0.4 is 21.1 Å². The zero-order chi connectivity index (χ0) is 18.1. The van der Waals surface area contributed by atoms with Crippen LogP contribution >= 0.6 is 0 Å². The van der Waals surface area contributed by atoms with Crippen LogP contribution in [0.15, 0.2) is 53.5 Å². The summed E-state index contributed by atoms with van der Waals surface area (Å²) in [5.74, 6) is 0.417. The van der Waals surface area contributed by atoms with Gasteiger partial charge in [0.25, 0.3) is 0 Å². The van der Waals surface area contributed by atoms with Gasteiger partial charge in [0.1, 0.15) is 11.6 Å². The number of para-hydroxylation sites is 2. The molecule has 0 saturated carbocycles. The number of carbonyl (C=O) groups is 1. The highest BCUT2D eigenvalue weighted by Crippen LogP contribution is 2.22. The molecule has 132 valence electrons. The molecule has 0 fully saturated rings. The van der Waals surface area contributed by atoms with Gasteiger partial charge >= 0.3 is 0 Å². The lowest BCUT2D eigenvalue weighted by Crippen LogP contribution is -2.29. The van der Waals surface area contributed by atoms with Crippen LogP contribution in [-0.2, 0) is 11.2 Å². The Bertz CT molecular complexity index is 732. The van der Waals surface area contributed by atoms with Crippen LogP contribution in [0.2, 0.25) is 0 Å². The summed E-state index contributed by atoms with van der Waals surface area (Å²) in [6, 6.07) is 13.2. The minimum Gasteiger partial charge on any atom is -0.495 e. The van der Waals surface area contributed by atoms with Gasteiger partial charge in [-0.1, -0.05) is 24.3 Å². The van der Waals surface area contributed by atoms with Crippen LogP contribution in [-0.4, -0.2) is 32.1 Å². The third kappa shape index (κ3) is 6.14. The van der Waals surface area contributed by atoms with Gasteiger partial charge in [0.15, 0.2) is 5.96 Å². The summed E-state index contributed by atoms with van der Waals surface area (Å²) in [7, 11) is 1.57. The first-order valence-corrected chi connectivity index (χ1v) is 7.79. The Hall–Kier alpha value is -3.09. The molecule has 0 aliphatic carbocycles. The number of aliphatic imine (C=N–C) groups is 1. The van der Waals surface area contributed by atoms with E-state index in [0.717, 1.165) is 5.56 Å². The van der Waals surface area contributed by atoms with E-state index in [2.05, 4.69) is 15.6 Å². The van der Waals surface area contributed by atoms with Crippen LogP contribution in [0.5, 0.6) is 5.75 Å². The Morgan fingerprint density at radius 3 is 2.64 bits per heavy atom. The number of methoxy groups -OCH3 is 1. The van der Waals surface area contributed by atoms with Gasteiger partial charge in [0, 0.05) is 6.54 Å². The van der Waals surface area contributed by atoms with Gasteiger partial charge in [-0.2, -0.15) is 0 Å². The first kappa shape index (κ1) is 18.3. The predicted octanol–water partition coefficient (Wildman–Crippen LogP) is 1.92. The highest BCUT2D eigenvalue weighted by Gasteiger charge is 2.04. The molecule has 0 unspecified atom stereocenters. The second kappa shape index (κ2) is 9.27. The third-order valence-corrected chi connectivity index (χ3v) is 3.36. The largest absolute Gasteiger partial charge is 0.495 e. The van der Waals surface area contributed by atoms with Crippen LogP contribution in [0, 0.1) is 5.82 Å². The minimum absolute atomic E-state index is 0.155. The van der Waals surface area contributed by atoms with E-state index in [-0.39, 0.29) is 24.1 Å². The van der Waals surface area contributed by atoms with E-state index in [1.165, 1.54) is 12.1 Å². The van der Waals surface area contributed by atoms with E-state index < -0.39 is 0 Å². The molecule has 2 aromatic carbocycles. The Balaban J connectivity index is 1.74. The maximum Gasteiger partial charge on any atom is 0.224 e. The second-order valence-electron chi connectivity index (χ2n) is 5.25. The minimum atomic E-state index is -0.323. The van der Waals surface area contributed by atoms with Crippen molar-refractivity contribution in [1.82, 2.24) is 5.32 Å². The van der Waals surface area contributed by atoms with E-state index >= 15 is 0 Å². The number of nitrogens with zero attached hydrogens (tertiary/aromatic N) is 1. The zero-order valence-corrected chi connectivity index (χ0v) is 14.0. The molecule has 0 spiro atoms. The summed E-state index contributed by atoms with van der Waals surface area (Å²) < 4.78 is 18.0. The van der Waals surface area contributed by atoms with Crippen LogP contribution in [0.1, 0.15) is 5.56 Å². The van der Waals surface area contributed by atoms with Gasteiger partial charge in [-0.25, -0.2) is 4.39 Å². The van der Waals surface area contributed by atoms with Crippen molar-refractivity contribution in [2.24, 2.45) is 10.7 Å². The molecule has 0 radical (unpaired) electrons. The second-order valence-corrected chi connectivity index (χ2v) is 5.25. The number of carbonyl (C=O) groups excluding carboxylic acids is 1. The van der Waals surface area contributed by atoms with Crippen LogP contribution in [0.4, 0.5) is 10.1 Å². The van der Waals surface area contributed by atoms with Gasteiger partial charge in [-0.15, -0.1) is 0 Å². The average molecular weight is 344 g/mol. The Morgan fingerprint density at radius 1 is 1.20 bits per heavy atom. The number of benzene rings is 2. The number of ether oxygens (including phenoxy) is 1. The molecule has 0 bridgehead atoms. The maximum atomic E-state index is 12.8. The number of nitrogens with one attached hydrogen (secondary N) is 2. The van der Waals surface area contributed by atoms with E-state index in [1.54, 1.807) is 19.2 Å². The van der Waals surface area contributed by atoms with Crippen molar-refractivity contribution >= 4 is 17.6 Å². The van der Waals surface area contributed by atoms with Gasteiger partial charge in [-0.3, -0.25) is 9.79 Å². The van der Waals surface area contributed by atoms with Gasteiger partial charge in [-0.05, 0) is 29.8 Å². The lowest BCUT2D eigenvalue weighted by molar-refractivity contribution is -0.120. The lowest BCUT2D eigenvalue weighted by Gasteiger charge is -2.10. The molecule has 0 aliphatic rings. The zero-order valence-electron chi connectivity index (χ0n) is 14.0. The monoisotopic (exact) mass is 344 g/mol. The molecule has 1 amide bonds. The molecule has 0 saturated heterocycles. The quantitative estimate of drug-likeness (QED) is 0.407. The molecule has 0 aromatic heterocycles. The average Bonchev–Trinajstić information content (AvgIpc) is 2.61. The van der Waals surface area contributed by atoms with Crippen LogP contribution in [0.25, 0.3) is 0 Å². The molecule has 7 heteroatoms. The lowest BCUT2D eigenvalue weighted by atomic mass is 10.1. The molecule has 25 heavy (non-hydrogen) atoms. The highest BCUT2D eigenvalue weighted by molar-refractivity contribution is 5.93. The topological polar surface area (TPSA) is 88.7 Å². The summed E-state index contributed by atoms with van der Waals surface area (Å²) in [6.45, 7) is 0.692. The number of halogens is 1.